The number of halogens is 1. The predicted octanol–water partition coefficient (Wildman–Crippen LogP) is 3.45. The molecule has 2 aliphatic rings. The van der Waals surface area contributed by atoms with Gasteiger partial charge in [-0.05, 0) is 42.0 Å². The molecule has 2 atom stereocenters. The Labute approximate surface area is 166 Å². The summed E-state index contributed by atoms with van der Waals surface area (Å²) >= 11 is 0. The van der Waals surface area contributed by atoms with Crippen LogP contribution >= 0.6 is 0 Å². The van der Waals surface area contributed by atoms with Gasteiger partial charge < -0.3 is 10.0 Å². The molecule has 0 bridgehead atoms. The van der Waals surface area contributed by atoms with E-state index in [9.17, 15) is 19.1 Å². The zero-order chi connectivity index (χ0) is 20.3. The summed E-state index contributed by atoms with van der Waals surface area (Å²) in [6.07, 6.45) is 0. The van der Waals surface area contributed by atoms with Gasteiger partial charge in [-0.3, -0.25) is 14.5 Å². The molecule has 2 amide bonds. The highest BCUT2D eigenvalue weighted by Gasteiger charge is 2.61. The minimum absolute atomic E-state index is 0.0924. The number of para-hydroxylation sites is 2. The second-order valence-electron chi connectivity index (χ2n) is 7.29. The van der Waals surface area contributed by atoms with E-state index < -0.39 is 29.2 Å². The first-order valence-corrected chi connectivity index (χ1v) is 9.23. The topological polar surface area (TPSA) is 60.9 Å². The lowest BCUT2D eigenvalue weighted by Crippen LogP contribution is -2.46. The van der Waals surface area contributed by atoms with E-state index in [1.165, 1.54) is 21.9 Å². The normalized spacial score (nSPS) is 22.8. The van der Waals surface area contributed by atoms with Gasteiger partial charge in [-0.25, -0.2) is 4.39 Å². The van der Waals surface area contributed by atoms with Crippen LogP contribution in [0.15, 0.2) is 72.8 Å². The molecule has 0 aliphatic carbocycles. The molecule has 6 heteroatoms. The summed E-state index contributed by atoms with van der Waals surface area (Å²) in [6, 6.07) is 19.7. The number of carbonyl (C=O) groups is 2. The molecule has 0 saturated heterocycles. The smallest absolute Gasteiger partial charge is 0.269 e. The molecule has 5 rings (SSSR count). The first-order chi connectivity index (χ1) is 13.9. The lowest BCUT2D eigenvalue weighted by atomic mass is 9.78. The minimum Gasteiger partial charge on any atom is -0.374 e. The van der Waals surface area contributed by atoms with Crippen LogP contribution in [0.4, 0.5) is 21.5 Å². The average molecular weight is 388 g/mol. The fraction of sp³-hybridized carbons (Fsp3) is 0.130. The molecule has 2 aliphatic heterocycles. The zero-order valence-corrected chi connectivity index (χ0v) is 15.5. The van der Waals surface area contributed by atoms with Crippen LogP contribution in [0.5, 0.6) is 0 Å². The Morgan fingerprint density at radius 2 is 1.62 bits per heavy atom. The summed E-state index contributed by atoms with van der Waals surface area (Å²) in [4.78, 5) is 29.5. The van der Waals surface area contributed by atoms with Crippen LogP contribution in [0.25, 0.3) is 0 Å². The van der Waals surface area contributed by atoms with Crippen molar-refractivity contribution >= 4 is 28.9 Å². The fourth-order valence-electron chi connectivity index (χ4n) is 4.40. The number of anilines is 3. The van der Waals surface area contributed by atoms with Crippen LogP contribution in [0.1, 0.15) is 17.0 Å². The van der Waals surface area contributed by atoms with E-state index in [1.54, 1.807) is 55.6 Å². The number of likely N-dealkylation sites (N-methyl/N-ethyl adjacent to an activating group) is 1. The Balaban J connectivity index is 1.77. The number of fused-ring (bicyclic) bond motifs is 2. The number of benzene rings is 3. The number of rotatable bonds is 2. The summed E-state index contributed by atoms with van der Waals surface area (Å²) in [6.45, 7) is 0. The zero-order valence-electron chi connectivity index (χ0n) is 15.5. The molecule has 2 unspecified atom stereocenters. The molecule has 0 radical (unpaired) electrons. The Bertz CT molecular complexity index is 1160. The van der Waals surface area contributed by atoms with Crippen molar-refractivity contribution in [2.24, 2.45) is 0 Å². The summed E-state index contributed by atoms with van der Waals surface area (Å²) in [5.41, 5.74) is -0.0560. The van der Waals surface area contributed by atoms with E-state index in [0.717, 1.165) is 6.07 Å². The van der Waals surface area contributed by atoms with Crippen molar-refractivity contribution in [3.05, 3.63) is 89.7 Å². The Morgan fingerprint density at radius 3 is 2.38 bits per heavy atom. The van der Waals surface area contributed by atoms with Crippen molar-refractivity contribution in [1.82, 2.24) is 0 Å². The summed E-state index contributed by atoms with van der Waals surface area (Å²) in [5, 5.41) is 11.8. The first kappa shape index (κ1) is 17.6. The lowest BCUT2D eigenvalue weighted by molar-refractivity contribution is -0.143. The molecule has 5 nitrogen and oxygen atoms in total. The summed E-state index contributed by atoms with van der Waals surface area (Å²) in [7, 11) is 1.60. The van der Waals surface area contributed by atoms with E-state index in [-0.39, 0.29) is 5.56 Å². The molecule has 0 fully saturated rings. The monoisotopic (exact) mass is 388 g/mol. The second kappa shape index (κ2) is 5.99. The van der Waals surface area contributed by atoms with E-state index in [0.29, 0.717) is 22.6 Å². The van der Waals surface area contributed by atoms with Crippen LogP contribution in [0.2, 0.25) is 0 Å². The molecule has 3 aromatic carbocycles. The van der Waals surface area contributed by atoms with E-state index >= 15 is 0 Å². The van der Waals surface area contributed by atoms with Gasteiger partial charge in [-0.15, -0.1) is 0 Å². The van der Waals surface area contributed by atoms with Crippen LogP contribution in [0, 0.1) is 5.82 Å². The molecule has 144 valence electrons. The third kappa shape index (κ3) is 2.23. The number of nitrogens with zero attached hydrogens (tertiary/aromatic N) is 2. The van der Waals surface area contributed by atoms with Crippen LogP contribution < -0.4 is 9.80 Å². The Hall–Kier alpha value is -3.51. The highest BCUT2D eigenvalue weighted by atomic mass is 19.1. The predicted molar refractivity (Wildman–Crippen MR) is 106 cm³/mol. The maximum Gasteiger partial charge on any atom is 0.269 e. The van der Waals surface area contributed by atoms with Crippen LogP contribution in [-0.4, -0.2) is 24.0 Å². The third-order valence-corrected chi connectivity index (χ3v) is 5.76. The quantitative estimate of drug-likeness (QED) is 0.732. The summed E-state index contributed by atoms with van der Waals surface area (Å²) in [5.74, 6) is -2.83. The number of aliphatic hydroxyl groups is 1. The second-order valence-corrected chi connectivity index (χ2v) is 7.29. The van der Waals surface area contributed by atoms with Gasteiger partial charge in [0.1, 0.15) is 11.7 Å². The number of amides is 2. The Morgan fingerprint density at radius 1 is 0.931 bits per heavy atom. The molecular weight excluding hydrogens is 371 g/mol. The number of hydrogen-bond acceptors (Lipinski definition) is 3. The van der Waals surface area contributed by atoms with E-state index in [4.69, 9.17) is 0 Å². The van der Waals surface area contributed by atoms with Gasteiger partial charge in [0.15, 0.2) is 5.60 Å². The molecule has 2 heterocycles. The van der Waals surface area contributed by atoms with Crippen molar-refractivity contribution in [2.45, 2.75) is 11.5 Å². The SMILES string of the molecule is CN1C(=O)C(C2(O)C(=O)N(c3ccccc3)c3ccc(F)cc32)c2ccccc21. The molecular formula is C23H17FN2O3. The van der Waals surface area contributed by atoms with Gasteiger partial charge in [-0.1, -0.05) is 36.4 Å². The van der Waals surface area contributed by atoms with Gasteiger partial charge in [0.25, 0.3) is 5.91 Å². The molecule has 29 heavy (non-hydrogen) atoms. The van der Waals surface area contributed by atoms with E-state index in [1.807, 2.05) is 6.07 Å². The lowest BCUT2D eigenvalue weighted by Gasteiger charge is -2.28. The molecule has 0 saturated carbocycles. The van der Waals surface area contributed by atoms with Gasteiger partial charge in [0, 0.05) is 24.0 Å². The standard InChI is InChI=1S/C23H17FN2O3/c1-25-18-10-6-5-9-16(18)20(21(25)27)23(29)17-13-14(24)11-12-19(17)26(22(23)28)15-7-3-2-4-8-15/h2-13,20,29H,1H3. The number of hydrogen-bond donors (Lipinski definition) is 1. The summed E-state index contributed by atoms with van der Waals surface area (Å²) < 4.78 is 14.2. The van der Waals surface area contributed by atoms with Gasteiger partial charge in [-0.2, -0.15) is 0 Å². The van der Waals surface area contributed by atoms with Crippen LogP contribution in [0.3, 0.4) is 0 Å². The molecule has 3 aromatic rings. The molecule has 1 N–H and O–H groups in total. The third-order valence-electron chi connectivity index (χ3n) is 5.76. The van der Waals surface area contributed by atoms with Crippen molar-refractivity contribution in [3.63, 3.8) is 0 Å². The largest absolute Gasteiger partial charge is 0.374 e. The minimum atomic E-state index is -2.22. The van der Waals surface area contributed by atoms with Gasteiger partial charge >= 0.3 is 0 Å². The van der Waals surface area contributed by atoms with Gasteiger partial charge in [0.2, 0.25) is 5.91 Å². The first-order valence-electron chi connectivity index (χ1n) is 9.23. The molecule has 0 spiro atoms. The maximum atomic E-state index is 14.2. The highest BCUT2D eigenvalue weighted by Crippen LogP contribution is 2.54. The van der Waals surface area contributed by atoms with E-state index in [2.05, 4.69) is 0 Å². The highest BCUT2D eigenvalue weighted by molar-refractivity contribution is 6.17. The van der Waals surface area contributed by atoms with Crippen molar-refractivity contribution in [1.29, 1.82) is 0 Å². The van der Waals surface area contributed by atoms with Crippen molar-refractivity contribution in [3.8, 4) is 0 Å². The molecule has 0 aromatic heterocycles. The van der Waals surface area contributed by atoms with Crippen molar-refractivity contribution < 1.29 is 19.1 Å². The maximum absolute atomic E-state index is 14.2. The number of carbonyl (C=O) groups excluding carboxylic acids is 2. The van der Waals surface area contributed by atoms with Crippen molar-refractivity contribution in [2.75, 3.05) is 16.8 Å². The fourth-order valence-corrected chi connectivity index (χ4v) is 4.40. The Kier molecular flexibility index (Phi) is 3.63. The average Bonchev–Trinajstić information content (AvgIpc) is 3.12. The van der Waals surface area contributed by atoms with Crippen LogP contribution in [-0.2, 0) is 15.2 Å². The van der Waals surface area contributed by atoms with Gasteiger partial charge in [0.05, 0.1) is 5.69 Å².